The summed E-state index contributed by atoms with van der Waals surface area (Å²) in [6.07, 6.45) is 1.20. The highest BCUT2D eigenvalue weighted by molar-refractivity contribution is 9.10. The van der Waals surface area contributed by atoms with Gasteiger partial charge in [-0.1, -0.05) is 11.6 Å². The van der Waals surface area contributed by atoms with Crippen LogP contribution in [0.5, 0.6) is 0 Å². The minimum atomic E-state index is -3.14. The smallest absolute Gasteiger partial charge is 0.175 e. The molecule has 0 bridgehead atoms. The lowest BCUT2D eigenvalue weighted by atomic mass is 10.3. The van der Waals surface area contributed by atoms with Crippen molar-refractivity contribution in [3.63, 3.8) is 0 Å². The van der Waals surface area contributed by atoms with Crippen molar-refractivity contribution >= 4 is 54.4 Å². The summed E-state index contributed by atoms with van der Waals surface area (Å²) in [5.41, 5.74) is 0.869. The van der Waals surface area contributed by atoms with Gasteiger partial charge in [0.2, 0.25) is 0 Å². The molecular weight excluding hydrogens is 370 g/mol. The lowest BCUT2D eigenvalue weighted by Crippen LogP contribution is -1.99. The van der Waals surface area contributed by atoms with Crippen molar-refractivity contribution < 1.29 is 8.42 Å². The van der Waals surface area contributed by atoms with Crippen LogP contribution in [-0.2, 0) is 16.4 Å². The Kier molecular flexibility index (Phi) is 4.55. The number of sulfone groups is 1. The van der Waals surface area contributed by atoms with Crippen molar-refractivity contribution in [1.29, 1.82) is 0 Å². The van der Waals surface area contributed by atoms with Crippen LogP contribution in [0, 0.1) is 0 Å². The zero-order chi connectivity index (χ0) is 14.0. The third-order valence-electron chi connectivity index (χ3n) is 2.45. The van der Waals surface area contributed by atoms with E-state index in [-0.39, 0.29) is 0 Å². The standard InChI is InChI=1S/C12H11BrClNO2S2/c1-19(16,17)10-4-2-8(3-5-10)15-7-9-6-11(13)12(14)18-9/h2-6,15H,7H2,1H3. The average Bonchev–Trinajstić information content (AvgIpc) is 2.66. The Bertz CT molecular complexity index is 661. The number of anilines is 1. The van der Waals surface area contributed by atoms with E-state index >= 15 is 0 Å². The van der Waals surface area contributed by atoms with Gasteiger partial charge in [-0.25, -0.2) is 8.42 Å². The summed E-state index contributed by atoms with van der Waals surface area (Å²) in [7, 11) is -3.14. The van der Waals surface area contributed by atoms with Crippen LogP contribution < -0.4 is 5.32 Å². The summed E-state index contributed by atoms with van der Waals surface area (Å²) >= 11 is 10.8. The van der Waals surface area contributed by atoms with E-state index in [1.807, 2.05) is 6.07 Å². The highest BCUT2D eigenvalue weighted by atomic mass is 79.9. The van der Waals surface area contributed by atoms with Gasteiger partial charge in [0.25, 0.3) is 0 Å². The Morgan fingerprint density at radius 3 is 2.42 bits per heavy atom. The van der Waals surface area contributed by atoms with Gasteiger partial charge in [-0.3, -0.25) is 0 Å². The molecule has 0 aliphatic carbocycles. The molecule has 0 saturated heterocycles. The van der Waals surface area contributed by atoms with Crippen LogP contribution in [0.15, 0.2) is 39.7 Å². The maximum atomic E-state index is 11.3. The van der Waals surface area contributed by atoms with Gasteiger partial charge >= 0.3 is 0 Å². The summed E-state index contributed by atoms with van der Waals surface area (Å²) in [6.45, 7) is 0.647. The Hall–Kier alpha value is -0.560. The quantitative estimate of drug-likeness (QED) is 0.865. The zero-order valence-electron chi connectivity index (χ0n) is 9.98. The minimum absolute atomic E-state index is 0.319. The van der Waals surface area contributed by atoms with Crippen molar-refractivity contribution in [2.75, 3.05) is 11.6 Å². The highest BCUT2D eigenvalue weighted by Gasteiger charge is 2.07. The van der Waals surface area contributed by atoms with Crippen LogP contribution in [0.3, 0.4) is 0 Å². The predicted octanol–water partition coefficient (Wildman–Crippen LogP) is 4.18. The molecule has 2 aromatic rings. The first-order valence-corrected chi connectivity index (χ1v) is 9.22. The van der Waals surface area contributed by atoms with Gasteiger partial charge < -0.3 is 5.32 Å². The van der Waals surface area contributed by atoms with E-state index in [2.05, 4.69) is 21.2 Å². The molecule has 1 N–H and O–H groups in total. The molecule has 0 atom stereocenters. The first-order chi connectivity index (χ1) is 8.86. The molecule has 102 valence electrons. The fraction of sp³-hybridized carbons (Fsp3) is 0.167. The van der Waals surface area contributed by atoms with Crippen molar-refractivity contribution in [2.45, 2.75) is 11.4 Å². The molecule has 0 unspecified atom stereocenters. The number of benzene rings is 1. The summed E-state index contributed by atoms with van der Waals surface area (Å²) in [5, 5.41) is 3.22. The summed E-state index contributed by atoms with van der Waals surface area (Å²) in [5.74, 6) is 0. The molecule has 0 fully saturated rings. The van der Waals surface area contributed by atoms with Gasteiger partial charge in [0.05, 0.1) is 4.90 Å². The second-order valence-corrected chi connectivity index (χ2v) is 8.59. The molecule has 0 radical (unpaired) electrons. The number of hydrogen-bond donors (Lipinski definition) is 1. The van der Waals surface area contributed by atoms with Crippen molar-refractivity contribution in [1.82, 2.24) is 0 Å². The Morgan fingerprint density at radius 1 is 1.32 bits per heavy atom. The number of halogens is 2. The van der Waals surface area contributed by atoms with Gasteiger partial charge in [0, 0.05) is 27.8 Å². The third kappa shape index (κ3) is 3.95. The van der Waals surface area contributed by atoms with Gasteiger partial charge in [-0.05, 0) is 46.3 Å². The van der Waals surface area contributed by atoms with Crippen LogP contribution >= 0.6 is 38.9 Å². The molecule has 7 heteroatoms. The number of rotatable bonds is 4. The minimum Gasteiger partial charge on any atom is -0.380 e. The molecule has 0 spiro atoms. The average molecular weight is 381 g/mol. The topological polar surface area (TPSA) is 46.2 Å². The van der Waals surface area contributed by atoms with E-state index in [1.54, 1.807) is 24.3 Å². The molecule has 1 aromatic carbocycles. The van der Waals surface area contributed by atoms with Crippen LogP contribution in [-0.4, -0.2) is 14.7 Å². The fourth-order valence-electron chi connectivity index (χ4n) is 1.49. The molecule has 0 aliphatic rings. The van der Waals surface area contributed by atoms with E-state index < -0.39 is 9.84 Å². The van der Waals surface area contributed by atoms with Gasteiger partial charge in [-0.15, -0.1) is 11.3 Å². The second kappa shape index (κ2) is 5.83. The molecule has 0 amide bonds. The Labute approximate surface area is 129 Å². The van der Waals surface area contributed by atoms with E-state index in [0.29, 0.717) is 11.4 Å². The molecule has 3 nitrogen and oxygen atoms in total. The van der Waals surface area contributed by atoms with Gasteiger partial charge in [0.15, 0.2) is 9.84 Å². The van der Waals surface area contributed by atoms with Gasteiger partial charge in [0.1, 0.15) is 4.34 Å². The second-order valence-electron chi connectivity index (χ2n) is 3.98. The SMILES string of the molecule is CS(=O)(=O)c1ccc(NCc2cc(Br)c(Cl)s2)cc1. The van der Waals surface area contributed by atoms with Crippen molar-refractivity contribution in [2.24, 2.45) is 0 Å². The Morgan fingerprint density at radius 2 is 1.95 bits per heavy atom. The van der Waals surface area contributed by atoms with Gasteiger partial charge in [-0.2, -0.15) is 0 Å². The largest absolute Gasteiger partial charge is 0.380 e. The van der Waals surface area contributed by atoms with E-state index in [1.165, 1.54) is 17.6 Å². The zero-order valence-corrected chi connectivity index (χ0v) is 14.0. The van der Waals surface area contributed by atoms with Crippen LogP contribution in [0.2, 0.25) is 4.34 Å². The van der Waals surface area contributed by atoms with Crippen LogP contribution in [0.4, 0.5) is 5.69 Å². The van der Waals surface area contributed by atoms with E-state index in [0.717, 1.165) is 19.4 Å². The van der Waals surface area contributed by atoms with Crippen molar-refractivity contribution in [3.8, 4) is 0 Å². The molecule has 19 heavy (non-hydrogen) atoms. The fourth-order valence-corrected chi connectivity index (χ4v) is 3.85. The maximum absolute atomic E-state index is 11.3. The van der Waals surface area contributed by atoms with E-state index in [9.17, 15) is 8.42 Å². The molecule has 0 saturated carbocycles. The molecule has 1 heterocycles. The predicted molar refractivity (Wildman–Crippen MR) is 83.9 cm³/mol. The molecular formula is C12H11BrClNO2S2. The van der Waals surface area contributed by atoms with Crippen LogP contribution in [0.1, 0.15) is 4.88 Å². The van der Waals surface area contributed by atoms with Crippen molar-refractivity contribution in [3.05, 3.63) is 44.0 Å². The first kappa shape index (κ1) is 14.8. The number of nitrogens with one attached hydrogen (secondary N) is 1. The summed E-state index contributed by atoms with van der Waals surface area (Å²) in [6, 6.07) is 8.65. The lowest BCUT2D eigenvalue weighted by Gasteiger charge is -2.05. The monoisotopic (exact) mass is 379 g/mol. The summed E-state index contributed by atoms with van der Waals surface area (Å²) < 4.78 is 24.3. The lowest BCUT2D eigenvalue weighted by molar-refractivity contribution is 0.602. The third-order valence-corrected chi connectivity index (χ3v) is 6.05. The van der Waals surface area contributed by atoms with Crippen LogP contribution in [0.25, 0.3) is 0 Å². The summed E-state index contributed by atoms with van der Waals surface area (Å²) in [4.78, 5) is 1.42. The normalized spacial score (nSPS) is 11.5. The highest BCUT2D eigenvalue weighted by Crippen LogP contribution is 2.32. The molecule has 0 aliphatic heterocycles. The number of thiophene rings is 1. The maximum Gasteiger partial charge on any atom is 0.175 e. The molecule has 2 rings (SSSR count). The Balaban J connectivity index is 2.04. The van der Waals surface area contributed by atoms with E-state index in [4.69, 9.17) is 11.6 Å². The first-order valence-electron chi connectivity index (χ1n) is 5.34. The molecule has 1 aromatic heterocycles. The number of hydrogen-bond acceptors (Lipinski definition) is 4.